The van der Waals surface area contributed by atoms with E-state index < -0.39 is 28.8 Å². The van der Waals surface area contributed by atoms with Crippen LogP contribution in [0.3, 0.4) is 0 Å². The molecule has 9 heteroatoms. The fraction of sp³-hybridized carbons (Fsp3) is 0.464. The van der Waals surface area contributed by atoms with E-state index in [0.29, 0.717) is 34.2 Å². The molecular formula is C28H33Cl2NO6. The van der Waals surface area contributed by atoms with Crippen molar-refractivity contribution in [3.63, 3.8) is 0 Å². The predicted molar refractivity (Wildman–Crippen MR) is 142 cm³/mol. The third-order valence-electron chi connectivity index (χ3n) is 7.79. The number of esters is 2. The monoisotopic (exact) mass is 549 g/mol. The van der Waals surface area contributed by atoms with Gasteiger partial charge >= 0.3 is 11.9 Å². The summed E-state index contributed by atoms with van der Waals surface area (Å²) in [5.74, 6) is -1.03. The summed E-state index contributed by atoms with van der Waals surface area (Å²) in [5, 5.41) is 3.91. The van der Waals surface area contributed by atoms with Gasteiger partial charge in [0.2, 0.25) is 5.91 Å². The molecule has 0 spiro atoms. The van der Waals surface area contributed by atoms with E-state index in [1.807, 2.05) is 32.9 Å². The molecule has 1 aliphatic rings. The summed E-state index contributed by atoms with van der Waals surface area (Å²) in [4.78, 5) is 38.3. The van der Waals surface area contributed by atoms with Gasteiger partial charge < -0.3 is 19.5 Å². The highest BCUT2D eigenvalue weighted by atomic mass is 35.5. The fourth-order valence-corrected chi connectivity index (χ4v) is 5.45. The molecule has 2 unspecified atom stereocenters. The van der Waals surface area contributed by atoms with Gasteiger partial charge in [-0.15, -0.1) is 0 Å². The number of nitrogens with one attached hydrogen (secondary N) is 1. The maximum atomic E-state index is 13.3. The van der Waals surface area contributed by atoms with Gasteiger partial charge in [-0.1, -0.05) is 55.2 Å². The fourth-order valence-electron chi connectivity index (χ4n) is 4.94. The standard InChI is InChI=1S/C28H33Cl2NO6/c1-27(2)20(13-14-28(27,3)26(34)36-5)24(32)31-23(25(33)35-4)15-17-9-11-18(12-10-17)37-16-19-21(29)7-6-8-22(19)30/h6-12,20,23H,13-16H2,1-5H3,(H,31,32)/t20?,23-,28?/m0/s1. The molecule has 1 aliphatic carbocycles. The van der Waals surface area contributed by atoms with E-state index in [0.717, 1.165) is 5.56 Å². The van der Waals surface area contributed by atoms with Crippen molar-refractivity contribution in [3.05, 3.63) is 63.6 Å². The van der Waals surface area contributed by atoms with E-state index in [4.69, 9.17) is 37.4 Å². The molecule has 37 heavy (non-hydrogen) atoms. The van der Waals surface area contributed by atoms with E-state index in [1.54, 1.807) is 30.3 Å². The number of carbonyl (C=O) groups excluding carboxylic acids is 3. The van der Waals surface area contributed by atoms with Gasteiger partial charge in [-0.3, -0.25) is 9.59 Å². The minimum Gasteiger partial charge on any atom is -0.489 e. The Morgan fingerprint density at radius 3 is 2.19 bits per heavy atom. The Balaban J connectivity index is 1.67. The first-order valence-corrected chi connectivity index (χ1v) is 12.8. The second-order valence-corrected chi connectivity index (χ2v) is 10.9. The maximum absolute atomic E-state index is 13.3. The van der Waals surface area contributed by atoms with Crippen LogP contribution < -0.4 is 10.1 Å². The minimum atomic E-state index is -0.882. The number of amides is 1. The lowest BCUT2D eigenvalue weighted by Gasteiger charge is -2.39. The Kier molecular flexibility index (Phi) is 9.13. The van der Waals surface area contributed by atoms with Crippen LogP contribution in [0.5, 0.6) is 5.75 Å². The highest BCUT2D eigenvalue weighted by Gasteiger charge is 2.59. The molecule has 0 heterocycles. The first kappa shape index (κ1) is 28.8. The summed E-state index contributed by atoms with van der Waals surface area (Å²) in [7, 11) is 2.64. The lowest BCUT2D eigenvalue weighted by molar-refractivity contribution is -0.159. The van der Waals surface area contributed by atoms with Crippen LogP contribution in [-0.2, 0) is 36.9 Å². The molecule has 1 amide bonds. The maximum Gasteiger partial charge on any atom is 0.328 e. The largest absolute Gasteiger partial charge is 0.489 e. The molecule has 7 nitrogen and oxygen atoms in total. The van der Waals surface area contributed by atoms with Crippen LogP contribution >= 0.6 is 23.2 Å². The summed E-state index contributed by atoms with van der Waals surface area (Å²) in [6.45, 7) is 5.82. The highest BCUT2D eigenvalue weighted by Crippen LogP contribution is 2.56. The minimum absolute atomic E-state index is 0.209. The summed E-state index contributed by atoms with van der Waals surface area (Å²) >= 11 is 12.4. The summed E-state index contributed by atoms with van der Waals surface area (Å²) < 4.78 is 15.8. The number of methoxy groups -OCH3 is 2. The van der Waals surface area contributed by atoms with Gasteiger partial charge in [0.1, 0.15) is 18.4 Å². The lowest BCUT2D eigenvalue weighted by atomic mass is 9.65. The molecule has 3 rings (SSSR count). The Hall–Kier alpha value is -2.77. The van der Waals surface area contributed by atoms with Crippen molar-refractivity contribution < 1.29 is 28.6 Å². The van der Waals surface area contributed by atoms with Gasteiger partial charge in [-0.05, 0) is 55.0 Å². The molecule has 0 radical (unpaired) electrons. The van der Waals surface area contributed by atoms with E-state index in [2.05, 4.69) is 5.32 Å². The van der Waals surface area contributed by atoms with E-state index >= 15 is 0 Å². The summed E-state index contributed by atoms with van der Waals surface area (Å²) in [6.07, 6.45) is 1.27. The van der Waals surface area contributed by atoms with Crippen molar-refractivity contribution in [3.8, 4) is 5.75 Å². The molecule has 1 saturated carbocycles. The van der Waals surface area contributed by atoms with Crippen molar-refractivity contribution >= 4 is 41.0 Å². The zero-order valence-corrected chi connectivity index (χ0v) is 23.2. The molecule has 0 bridgehead atoms. The SMILES string of the molecule is COC(=O)[C@H](Cc1ccc(OCc2c(Cl)cccc2Cl)cc1)NC(=O)C1CCC(C)(C(=O)OC)C1(C)C. The molecule has 2 aromatic carbocycles. The van der Waals surface area contributed by atoms with Crippen molar-refractivity contribution in [2.75, 3.05) is 14.2 Å². The van der Waals surface area contributed by atoms with Crippen LogP contribution in [-0.4, -0.2) is 38.1 Å². The topological polar surface area (TPSA) is 90.9 Å². The quantitative estimate of drug-likeness (QED) is 0.421. The van der Waals surface area contributed by atoms with Crippen LogP contribution in [0.4, 0.5) is 0 Å². The summed E-state index contributed by atoms with van der Waals surface area (Å²) in [6, 6.07) is 11.6. The Morgan fingerprint density at radius 1 is 1.00 bits per heavy atom. The number of hydrogen-bond acceptors (Lipinski definition) is 6. The first-order chi connectivity index (χ1) is 17.4. The van der Waals surface area contributed by atoms with Crippen molar-refractivity contribution in [1.29, 1.82) is 0 Å². The number of carbonyl (C=O) groups is 3. The Bertz CT molecular complexity index is 1130. The second-order valence-electron chi connectivity index (χ2n) is 10.1. The first-order valence-electron chi connectivity index (χ1n) is 12.1. The number of halogens is 2. The number of ether oxygens (including phenoxy) is 3. The van der Waals surface area contributed by atoms with Gasteiger partial charge in [0.05, 0.1) is 19.6 Å². The van der Waals surface area contributed by atoms with Crippen LogP contribution in [0.1, 0.15) is 44.7 Å². The van der Waals surface area contributed by atoms with Crippen LogP contribution in [0, 0.1) is 16.7 Å². The van der Waals surface area contributed by atoms with Crippen LogP contribution in [0.15, 0.2) is 42.5 Å². The van der Waals surface area contributed by atoms with Crippen molar-refractivity contribution in [2.45, 2.75) is 52.7 Å². The van der Waals surface area contributed by atoms with Gasteiger partial charge in [0.25, 0.3) is 0 Å². The number of hydrogen-bond donors (Lipinski definition) is 1. The predicted octanol–water partition coefficient (Wildman–Crippen LogP) is 5.39. The normalized spacial score (nSPS) is 21.1. The third-order valence-corrected chi connectivity index (χ3v) is 8.50. The van der Waals surface area contributed by atoms with Gasteiger partial charge in [-0.25, -0.2) is 4.79 Å². The molecule has 1 N–H and O–H groups in total. The molecule has 0 saturated heterocycles. The lowest BCUT2D eigenvalue weighted by Crippen LogP contribution is -2.50. The molecule has 3 atom stereocenters. The molecule has 2 aromatic rings. The molecule has 0 aliphatic heterocycles. The van der Waals surface area contributed by atoms with Crippen LogP contribution in [0.25, 0.3) is 0 Å². The molecule has 1 fully saturated rings. The molecule has 200 valence electrons. The zero-order chi connectivity index (χ0) is 27.4. The van der Waals surface area contributed by atoms with Gasteiger partial charge in [0.15, 0.2) is 0 Å². The van der Waals surface area contributed by atoms with Crippen molar-refractivity contribution in [1.82, 2.24) is 5.32 Å². The highest BCUT2D eigenvalue weighted by molar-refractivity contribution is 6.35. The number of benzene rings is 2. The van der Waals surface area contributed by atoms with Crippen molar-refractivity contribution in [2.24, 2.45) is 16.7 Å². The summed E-state index contributed by atoms with van der Waals surface area (Å²) in [5.41, 5.74) is 0.0496. The average molecular weight is 550 g/mol. The molecular weight excluding hydrogens is 517 g/mol. The Labute approximate surface area is 227 Å². The van der Waals surface area contributed by atoms with E-state index in [1.165, 1.54) is 14.2 Å². The van der Waals surface area contributed by atoms with E-state index in [9.17, 15) is 14.4 Å². The number of rotatable bonds is 9. The zero-order valence-electron chi connectivity index (χ0n) is 21.7. The second kappa shape index (κ2) is 11.7. The smallest absolute Gasteiger partial charge is 0.328 e. The third kappa shape index (κ3) is 6.04. The van der Waals surface area contributed by atoms with Crippen LogP contribution in [0.2, 0.25) is 10.0 Å². The van der Waals surface area contributed by atoms with Gasteiger partial charge in [0, 0.05) is 27.9 Å². The molecule has 0 aromatic heterocycles. The average Bonchev–Trinajstić information content (AvgIpc) is 3.12. The van der Waals surface area contributed by atoms with E-state index in [-0.39, 0.29) is 24.9 Å². The Morgan fingerprint density at radius 2 is 1.62 bits per heavy atom. The van der Waals surface area contributed by atoms with Gasteiger partial charge in [-0.2, -0.15) is 0 Å².